The van der Waals surface area contributed by atoms with E-state index in [0.29, 0.717) is 15.2 Å². The molecule has 10 nitrogen and oxygen atoms in total. The lowest BCUT2D eigenvalue weighted by molar-refractivity contribution is -0.141. The number of nitrogens with two attached hydrogens (primary N) is 1. The zero-order valence-corrected chi connectivity index (χ0v) is 16.0. The minimum absolute atomic E-state index is 0.0454. The van der Waals surface area contributed by atoms with Gasteiger partial charge in [-0.15, -0.1) is 0 Å². The first-order chi connectivity index (χ1) is 13.6. The van der Waals surface area contributed by atoms with Crippen molar-refractivity contribution in [3.63, 3.8) is 0 Å². The van der Waals surface area contributed by atoms with Crippen molar-refractivity contribution in [2.24, 2.45) is 5.73 Å². The van der Waals surface area contributed by atoms with Crippen LogP contribution < -0.4 is 16.1 Å². The fourth-order valence-corrected chi connectivity index (χ4v) is 2.71. The molecule has 10 heteroatoms. The maximum absolute atomic E-state index is 13.3. The Morgan fingerprint density at radius 1 is 1.07 bits per heavy atom. The Labute approximate surface area is 167 Å². The van der Waals surface area contributed by atoms with E-state index in [0.717, 1.165) is 12.1 Å². The standard InChI is InChI=1S/C19H24N4O6/c1-11(20)17(26)21-14(10-13-6-4-3-5-7-13)18(27)22(12(2)19(28)29)23-15(24)8-9-16(23)25/h3-9,11-12,14,24-25H,10,20H2,1-2H3,(H,21,26)(H,28,29)/t11-,12-,14-/m0/s1. The van der Waals surface area contributed by atoms with Crippen molar-refractivity contribution in [3.8, 4) is 11.8 Å². The van der Waals surface area contributed by atoms with Gasteiger partial charge in [-0.1, -0.05) is 30.3 Å². The lowest BCUT2D eigenvalue weighted by Crippen LogP contribution is -2.59. The van der Waals surface area contributed by atoms with E-state index >= 15 is 0 Å². The zero-order valence-electron chi connectivity index (χ0n) is 16.0. The molecular formula is C19H24N4O6. The molecule has 1 heterocycles. The molecule has 29 heavy (non-hydrogen) atoms. The Kier molecular flexibility index (Phi) is 6.84. The summed E-state index contributed by atoms with van der Waals surface area (Å²) in [6.07, 6.45) is 0.0454. The van der Waals surface area contributed by atoms with E-state index in [1.54, 1.807) is 30.3 Å². The third kappa shape index (κ3) is 5.05. The first-order valence-electron chi connectivity index (χ1n) is 8.89. The second-order valence-corrected chi connectivity index (χ2v) is 6.60. The van der Waals surface area contributed by atoms with Crippen molar-refractivity contribution in [2.75, 3.05) is 5.01 Å². The summed E-state index contributed by atoms with van der Waals surface area (Å²) >= 11 is 0. The van der Waals surface area contributed by atoms with Gasteiger partial charge < -0.3 is 26.4 Å². The predicted molar refractivity (Wildman–Crippen MR) is 104 cm³/mol. The number of amides is 2. The van der Waals surface area contributed by atoms with Crippen molar-refractivity contribution in [3.05, 3.63) is 48.0 Å². The molecule has 0 spiro atoms. The number of carbonyl (C=O) groups excluding carboxylic acids is 2. The fourth-order valence-electron chi connectivity index (χ4n) is 2.71. The van der Waals surface area contributed by atoms with Crippen molar-refractivity contribution in [1.82, 2.24) is 9.99 Å². The average Bonchev–Trinajstić information content (AvgIpc) is 3.00. The number of hydrogen-bond acceptors (Lipinski definition) is 6. The Bertz CT molecular complexity index is 861. The van der Waals surface area contributed by atoms with Gasteiger partial charge >= 0.3 is 5.97 Å². The van der Waals surface area contributed by atoms with Gasteiger partial charge in [0.15, 0.2) is 0 Å². The molecule has 0 aliphatic rings. The van der Waals surface area contributed by atoms with E-state index in [-0.39, 0.29) is 6.42 Å². The van der Waals surface area contributed by atoms with E-state index in [2.05, 4.69) is 5.32 Å². The minimum atomic E-state index is -1.46. The summed E-state index contributed by atoms with van der Waals surface area (Å²) in [5.74, 6) is -3.91. The third-order valence-electron chi connectivity index (χ3n) is 4.29. The molecule has 0 bridgehead atoms. The number of carbonyl (C=O) groups is 3. The Morgan fingerprint density at radius 2 is 1.62 bits per heavy atom. The van der Waals surface area contributed by atoms with Crippen LogP contribution in [0.2, 0.25) is 0 Å². The smallest absolute Gasteiger partial charge is 0.328 e. The van der Waals surface area contributed by atoms with Gasteiger partial charge in [0.2, 0.25) is 17.7 Å². The van der Waals surface area contributed by atoms with Crippen molar-refractivity contribution >= 4 is 17.8 Å². The van der Waals surface area contributed by atoms with Crippen LogP contribution >= 0.6 is 0 Å². The maximum Gasteiger partial charge on any atom is 0.328 e. The number of hydrogen-bond donors (Lipinski definition) is 5. The molecule has 0 radical (unpaired) electrons. The van der Waals surface area contributed by atoms with Gasteiger partial charge in [0.25, 0.3) is 5.91 Å². The quantitative estimate of drug-likeness (QED) is 0.411. The van der Waals surface area contributed by atoms with Crippen LogP contribution in [-0.2, 0) is 20.8 Å². The molecule has 6 N–H and O–H groups in total. The highest BCUT2D eigenvalue weighted by molar-refractivity contribution is 5.98. The second kappa shape index (κ2) is 9.11. The van der Waals surface area contributed by atoms with Gasteiger partial charge in [0, 0.05) is 18.6 Å². The van der Waals surface area contributed by atoms with Crippen LogP contribution in [0.5, 0.6) is 11.8 Å². The zero-order chi connectivity index (χ0) is 21.7. The topological polar surface area (TPSA) is 158 Å². The van der Waals surface area contributed by atoms with Crippen molar-refractivity contribution in [2.45, 2.75) is 38.4 Å². The van der Waals surface area contributed by atoms with Gasteiger partial charge in [0.05, 0.1) is 6.04 Å². The number of benzene rings is 1. The lowest BCUT2D eigenvalue weighted by atomic mass is 10.0. The number of nitrogens with zero attached hydrogens (tertiary/aromatic N) is 2. The molecule has 0 saturated heterocycles. The predicted octanol–water partition coefficient (Wildman–Crippen LogP) is -0.0883. The summed E-state index contributed by atoms with van der Waals surface area (Å²) in [4.78, 5) is 37.1. The summed E-state index contributed by atoms with van der Waals surface area (Å²) in [6.45, 7) is 2.66. The first kappa shape index (κ1) is 21.8. The van der Waals surface area contributed by atoms with Crippen LogP contribution in [0.1, 0.15) is 19.4 Å². The molecule has 0 fully saturated rings. The molecule has 1 aromatic heterocycles. The van der Waals surface area contributed by atoms with E-state index in [1.807, 2.05) is 0 Å². The average molecular weight is 404 g/mol. The monoisotopic (exact) mass is 404 g/mol. The maximum atomic E-state index is 13.3. The first-order valence-corrected chi connectivity index (χ1v) is 8.89. The summed E-state index contributed by atoms with van der Waals surface area (Å²) in [6, 6.07) is 7.44. The van der Waals surface area contributed by atoms with Crippen LogP contribution in [0, 0.1) is 0 Å². The fraction of sp³-hybridized carbons (Fsp3) is 0.316. The Balaban J connectivity index is 2.47. The van der Waals surface area contributed by atoms with Crippen LogP contribution in [0.15, 0.2) is 42.5 Å². The SMILES string of the molecule is C[C@H](N)C(=O)N[C@@H](Cc1ccccc1)C(=O)N([C@@H](C)C(=O)O)n1c(O)ccc1O. The molecule has 2 aromatic rings. The van der Waals surface area contributed by atoms with Crippen LogP contribution in [0.25, 0.3) is 0 Å². The number of aliphatic carboxylic acids is 1. The van der Waals surface area contributed by atoms with Gasteiger partial charge in [-0.05, 0) is 19.4 Å². The number of carboxylic acid groups (broad SMARTS) is 1. The van der Waals surface area contributed by atoms with Crippen LogP contribution in [0.3, 0.4) is 0 Å². The molecule has 0 aliphatic carbocycles. The van der Waals surface area contributed by atoms with E-state index in [4.69, 9.17) is 5.73 Å². The minimum Gasteiger partial charge on any atom is -0.493 e. The molecule has 0 unspecified atom stereocenters. The highest BCUT2D eigenvalue weighted by Gasteiger charge is 2.36. The third-order valence-corrected chi connectivity index (χ3v) is 4.29. The van der Waals surface area contributed by atoms with E-state index in [1.165, 1.54) is 13.8 Å². The van der Waals surface area contributed by atoms with Crippen molar-refractivity contribution in [1.29, 1.82) is 0 Å². The normalized spacial score (nSPS) is 13.9. The summed E-state index contributed by atoms with van der Waals surface area (Å²) in [5.41, 5.74) is 6.30. The van der Waals surface area contributed by atoms with Crippen molar-refractivity contribution < 1.29 is 29.7 Å². The Morgan fingerprint density at radius 3 is 2.10 bits per heavy atom. The Hall–Kier alpha value is -3.53. The number of aromatic hydroxyl groups is 2. The van der Waals surface area contributed by atoms with Crippen LogP contribution in [-0.4, -0.2) is 55.9 Å². The number of carboxylic acids is 1. The lowest BCUT2D eigenvalue weighted by Gasteiger charge is -2.32. The highest BCUT2D eigenvalue weighted by Crippen LogP contribution is 2.23. The molecular weight excluding hydrogens is 380 g/mol. The molecule has 1 aromatic carbocycles. The molecule has 3 atom stereocenters. The number of rotatable bonds is 8. The van der Waals surface area contributed by atoms with E-state index in [9.17, 15) is 29.7 Å². The van der Waals surface area contributed by atoms with Gasteiger partial charge in [0.1, 0.15) is 12.1 Å². The molecule has 2 rings (SSSR count). The van der Waals surface area contributed by atoms with E-state index < -0.39 is 47.7 Å². The number of aromatic nitrogens is 1. The molecule has 0 saturated carbocycles. The summed E-state index contributed by atoms with van der Waals surface area (Å²) < 4.78 is 0.678. The molecule has 0 aliphatic heterocycles. The van der Waals surface area contributed by atoms with Gasteiger partial charge in [-0.2, -0.15) is 4.68 Å². The number of nitrogens with one attached hydrogen (secondary N) is 1. The molecule has 2 amide bonds. The molecule has 156 valence electrons. The highest BCUT2D eigenvalue weighted by atomic mass is 16.4. The summed E-state index contributed by atoms with van der Waals surface area (Å²) in [5, 5.41) is 32.7. The largest absolute Gasteiger partial charge is 0.493 e. The van der Waals surface area contributed by atoms with Gasteiger partial charge in [-0.25, -0.2) is 9.80 Å². The van der Waals surface area contributed by atoms with Gasteiger partial charge in [-0.3, -0.25) is 9.59 Å². The second-order valence-electron chi connectivity index (χ2n) is 6.60. The summed E-state index contributed by atoms with van der Waals surface area (Å²) in [7, 11) is 0. The van der Waals surface area contributed by atoms with Crippen LogP contribution in [0.4, 0.5) is 0 Å².